The van der Waals surface area contributed by atoms with Crippen molar-refractivity contribution in [1.29, 1.82) is 0 Å². The molecule has 0 aromatic rings. The quantitative estimate of drug-likeness (QED) is 0.750. The average molecular weight is 214 g/mol. The lowest BCUT2D eigenvalue weighted by atomic mass is 10.0. The zero-order valence-corrected chi connectivity index (χ0v) is 10.7. The van der Waals surface area contributed by atoms with E-state index in [2.05, 4.69) is 31.0 Å². The first-order chi connectivity index (χ1) is 7.07. The summed E-state index contributed by atoms with van der Waals surface area (Å²) in [5.74, 6) is 0. The molecule has 1 heterocycles. The van der Waals surface area contributed by atoms with Gasteiger partial charge in [-0.15, -0.1) is 0 Å². The third-order valence-corrected chi connectivity index (χ3v) is 3.16. The number of hydrogen-bond donors (Lipinski definition) is 1. The van der Waals surface area contributed by atoms with E-state index in [9.17, 15) is 0 Å². The van der Waals surface area contributed by atoms with Gasteiger partial charge in [-0.3, -0.25) is 4.90 Å². The molecule has 0 radical (unpaired) electrons. The third kappa shape index (κ3) is 4.49. The first kappa shape index (κ1) is 12.9. The average Bonchev–Trinajstić information content (AvgIpc) is 2.18. The molecule has 0 aliphatic carbocycles. The second-order valence-electron chi connectivity index (χ2n) is 5.09. The van der Waals surface area contributed by atoms with Crippen LogP contribution in [0.2, 0.25) is 0 Å². The number of nitrogens with one attached hydrogen (secondary N) is 1. The van der Waals surface area contributed by atoms with E-state index in [1.54, 1.807) is 0 Å². The molecule has 0 saturated carbocycles. The van der Waals surface area contributed by atoms with E-state index in [1.165, 1.54) is 19.4 Å². The molecule has 1 atom stereocenters. The molecular weight excluding hydrogens is 188 g/mol. The fourth-order valence-electron chi connectivity index (χ4n) is 2.17. The van der Waals surface area contributed by atoms with Crippen LogP contribution in [0.3, 0.4) is 0 Å². The van der Waals surface area contributed by atoms with E-state index in [0.29, 0.717) is 6.10 Å². The first-order valence-corrected chi connectivity index (χ1v) is 6.10. The molecule has 0 amide bonds. The molecule has 0 aromatic heterocycles. The lowest BCUT2D eigenvalue weighted by Gasteiger charge is -2.37. The number of likely N-dealkylation sites (N-methyl/N-ethyl adjacent to an activating group) is 1. The predicted molar refractivity (Wildman–Crippen MR) is 64.2 cm³/mol. The largest absolute Gasteiger partial charge is 0.377 e. The molecule has 3 nitrogen and oxygen atoms in total. The smallest absolute Gasteiger partial charge is 0.0702 e. The van der Waals surface area contributed by atoms with Gasteiger partial charge in [0.05, 0.1) is 6.10 Å². The molecule has 90 valence electrons. The molecule has 1 unspecified atom stereocenters. The van der Waals surface area contributed by atoms with Crippen LogP contribution in [0, 0.1) is 0 Å². The van der Waals surface area contributed by atoms with Crippen molar-refractivity contribution in [3.63, 3.8) is 0 Å². The van der Waals surface area contributed by atoms with Crippen LogP contribution in [-0.2, 0) is 4.74 Å². The Hall–Kier alpha value is -0.120. The van der Waals surface area contributed by atoms with Crippen molar-refractivity contribution in [1.82, 2.24) is 10.2 Å². The standard InChI is InChI=1S/C12H26N2O/c1-5-15-11-7-6-8-14(9-11)10-12(2,3)13-4/h11,13H,5-10H2,1-4H3. The molecule has 1 fully saturated rings. The van der Waals surface area contributed by atoms with Crippen LogP contribution in [-0.4, -0.2) is 49.8 Å². The second kappa shape index (κ2) is 5.83. The number of nitrogens with zero attached hydrogens (tertiary/aromatic N) is 1. The summed E-state index contributed by atoms with van der Waals surface area (Å²) in [5, 5.41) is 3.35. The zero-order valence-electron chi connectivity index (χ0n) is 10.7. The molecule has 1 aliphatic heterocycles. The minimum Gasteiger partial charge on any atom is -0.377 e. The van der Waals surface area contributed by atoms with E-state index in [1.807, 2.05) is 7.05 Å². The molecule has 1 rings (SSSR count). The van der Waals surface area contributed by atoms with Gasteiger partial charge in [-0.25, -0.2) is 0 Å². The van der Waals surface area contributed by atoms with Crippen LogP contribution in [0.1, 0.15) is 33.6 Å². The maximum Gasteiger partial charge on any atom is 0.0702 e. The molecule has 0 spiro atoms. The van der Waals surface area contributed by atoms with Crippen molar-refractivity contribution in [2.45, 2.75) is 45.3 Å². The summed E-state index contributed by atoms with van der Waals surface area (Å²) >= 11 is 0. The Kier molecular flexibility index (Phi) is 5.03. The Morgan fingerprint density at radius 1 is 1.47 bits per heavy atom. The van der Waals surface area contributed by atoms with E-state index >= 15 is 0 Å². The maximum atomic E-state index is 5.70. The highest BCUT2D eigenvalue weighted by Crippen LogP contribution is 2.15. The van der Waals surface area contributed by atoms with Gasteiger partial charge in [-0.05, 0) is 47.2 Å². The summed E-state index contributed by atoms with van der Waals surface area (Å²) in [6, 6.07) is 0. The molecule has 15 heavy (non-hydrogen) atoms. The third-order valence-electron chi connectivity index (χ3n) is 3.16. The van der Waals surface area contributed by atoms with Gasteiger partial charge < -0.3 is 10.1 Å². The summed E-state index contributed by atoms with van der Waals surface area (Å²) in [6.07, 6.45) is 2.95. The first-order valence-electron chi connectivity index (χ1n) is 6.10. The van der Waals surface area contributed by atoms with E-state index < -0.39 is 0 Å². The van der Waals surface area contributed by atoms with Crippen LogP contribution in [0.15, 0.2) is 0 Å². The van der Waals surface area contributed by atoms with Crippen LogP contribution >= 0.6 is 0 Å². The van der Waals surface area contributed by atoms with Gasteiger partial charge in [-0.2, -0.15) is 0 Å². The van der Waals surface area contributed by atoms with Gasteiger partial charge in [0.1, 0.15) is 0 Å². The SMILES string of the molecule is CCOC1CCCN(CC(C)(C)NC)C1. The zero-order chi connectivity index (χ0) is 11.3. The van der Waals surface area contributed by atoms with Gasteiger partial charge in [-0.1, -0.05) is 0 Å². The van der Waals surface area contributed by atoms with Crippen LogP contribution in [0.4, 0.5) is 0 Å². The lowest BCUT2D eigenvalue weighted by molar-refractivity contribution is 0.000226. The van der Waals surface area contributed by atoms with E-state index in [0.717, 1.165) is 19.7 Å². The van der Waals surface area contributed by atoms with Gasteiger partial charge >= 0.3 is 0 Å². The molecule has 1 saturated heterocycles. The summed E-state index contributed by atoms with van der Waals surface area (Å²) in [5.41, 5.74) is 0.202. The van der Waals surface area contributed by atoms with E-state index in [4.69, 9.17) is 4.74 Å². The summed E-state index contributed by atoms with van der Waals surface area (Å²) < 4.78 is 5.70. The highest BCUT2D eigenvalue weighted by molar-refractivity contribution is 4.83. The molecule has 0 aromatic carbocycles. The minimum atomic E-state index is 0.202. The van der Waals surface area contributed by atoms with Crippen LogP contribution in [0.5, 0.6) is 0 Å². The Bertz CT molecular complexity index is 180. The number of hydrogen-bond acceptors (Lipinski definition) is 3. The fraction of sp³-hybridized carbons (Fsp3) is 1.00. The summed E-state index contributed by atoms with van der Waals surface area (Å²) in [7, 11) is 2.03. The second-order valence-corrected chi connectivity index (χ2v) is 5.09. The van der Waals surface area contributed by atoms with Crippen molar-refractivity contribution in [3.05, 3.63) is 0 Å². The minimum absolute atomic E-state index is 0.202. The molecule has 0 bridgehead atoms. The number of rotatable bonds is 5. The topological polar surface area (TPSA) is 24.5 Å². The summed E-state index contributed by atoms with van der Waals surface area (Å²) in [6.45, 7) is 10.8. The Balaban J connectivity index is 2.36. The Morgan fingerprint density at radius 2 is 2.20 bits per heavy atom. The van der Waals surface area contributed by atoms with Gasteiger partial charge in [0, 0.05) is 25.2 Å². The Morgan fingerprint density at radius 3 is 2.80 bits per heavy atom. The molecule has 1 N–H and O–H groups in total. The number of ether oxygens (including phenoxy) is 1. The van der Waals surface area contributed by atoms with Crippen LogP contribution in [0.25, 0.3) is 0 Å². The van der Waals surface area contributed by atoms with Crippen molar-refractivity contribution < 1.29 is 4.74 Å². The maximum absolute atomic E-state index is 5.70. The summed E-state index contributed by atoms with van der Waals surface area (Å²) in [4.78, 5) is 2.51. The van der Waals surface area contributed by atoms with E-state index in [-0.39, 0.29) is 5.54 Å². The van der Waals surface area contributed by atoms with Crippen LogP contribution < -0.4 is 5.32 Å². The molecular formula is C12H26N2O. The highest BCUT2D eigenvalue weighted by atomic mass is 16.5. The monoisotopic (exact) mass is 214 g/mol. The highest BCUT2D eigenvalue weighted by Gasteiger charge is 2.25. The number of likely N-dealkylation sites (tertiary alicyclic amines) is 1. The fourth-order valence-corrected chi connectivity index (χ4v) is 2.17. The molecule has 1 aliphatic rings. The van der Waals surface area contributed by atoms with Gasteiger partial charge in [0.25, 0.3) is 0 Å². The Labute approximate surface area is 94.2 Å². The lowest BCUT2D eigenvalue weighted by Crippen LogP contribution is -2.51. The molecule has 3 heteroatoms. The predicted octanol–water partition coefficient (Wildman–Crippen LogP) is 1.49. The van der Waals surface area contributed by atoms with Crippen molar-refractivity contribution in [2.24, 2.45) is 0 Å². The van der Waals surface area contributed by atoms with Crippen molar-refractivity contribution in [3.8, 4) is 0 Å². The van der Waals surface area contributed by atoms with Crippen molar-refractivity contribution >= 4 is 0 Å². The normalized spacial score (nSPS) is 24.4. The van der Waals surface area contributed by atoms with Gasteiger partial charge in [0.2, 0.25) is 0 Å². The van der Waals surface area contributed by atoms with Crippen molar-refractivity contribution in [2.75, 3.05) is 33.3 Å². The number of piperidine rings is 1. The van der Waals surface area contributed by atoms with Gasteiger partial charge in [0.15, 0.2) is 0 Å².